The van der Waals surface area contributed by atoms with Crippen molar-refractivity contribution in [3.63, 3.8) is 0 Å². The van der Waals surface area contributed by atoms with Gasteiger partial charge in [0, 0.05) is 6.04 Å². The minimum atomic E-state index is 0.135. The zero-order chi connectivity index (χ0) is 10.4. The first-order valence-electron chi connectivity index (χ1n) is 4.85. The van der Waals surface area contributed by atoms with Gasteiger partial charge in [-0.2, -0.15) is 0 Å². The van der Waals surface area contributed by atoms with Crippen molar-refractivity contribution in [2.75, 3.05) is 0 Å². The lowest BCUT2D eigenvalue weighted by molar-refractivity contribution is 0.861. The lowest BCUT2D eigenvalue weighted by Crippen LogP contribution is -2.15. The fraction of sp³-hybridized carbons (Fsp3) is 0.231. The second-order valence-corrected chi connectivity index (χ2v) is 3.47. The molecule has 2 N–H and O–H groups in total. The van der Waals surface area contributed by atoms with Gasteiger partial charge in [0.1, 0.15) is 0 Å². The monoisotopic (exact) mass is 187 g/mol. The number of benzene rings is 1. The molecule has 0 aromatic heterocycles. The smallest absolute Gasteiger partial charge is 0.0225 e. The normalized spacial score (nSPS) is 14.6. The van der Waals surface area contributed by atoms with E-state index in [-0.39, 0.29) is 6.04 Å². The summed E-state index contributed by atoms with van der Waals surface area (Å²) >= 11 is 0. The molecule has 14 heavy (non-hydrogen) atoms. The first-order chi connectivity index (χ1) is 6.70. The van der Waals surface area contributed by atoms with Crippen LogP contribution in [0.5, 0.6) is 0 Å². The van der Waals surface area contributed by atoms with Gasteiger partial charge in [0.25, 0.3) is 0 Å². The van der Waals surface area contributed by atoms with Gasteiger partial charge in [-0.25, -0.2) is 0 Å². The van der Waals surface area contributed by atoms with Gasteiger partial charge in [-0.15, -0.1) is 0 Å². The van der Waals surface area contributed by atoms with E-state index in [4.69, 9.17) is 5.73 Å². The molecule has 1 heteroatoms. The Kier molecular flexibility index (Phi) is 4.14. The predicted molar refractivity (Wildman–Crippen MR) is 62.9 cm³/mol. The molecule has 0 heterocycles. The van der Waals surface area contributed by atoms with Gasteiger partial charge in [0.05, 0.1) is 0 Å². The molecule has 0 radical (unpaired) electrons. The minimum Gasteiger partial charge on any atom is -0.324 e. The highest BCUT2D eigenvalue weighted by Crippen LogP contribution is 2.03. The Morgan fingerprint density at radius 1 is 1.29 bits per heavy atom. The van der Waals surface area contributed by atoms with Crippen molar-refractivity contribution in [2.45, 2.75) is 19.9 Å². The standard InChI is InChI=1S/C13H17N/c1-11(12(2)14)7-6-10-13-8-4-3-5-9-13/h3-10,12H,14H2,1-2H3. The van der Waals surface area contributed by atoms with E-state index in [1.807, 2.05) is 38.1 Å². The highest BCUT2D eigenvalue weighted by Gasteiger charge is 1.92. The third-order valence-electron chi connectivity index (χ3n) is 2.17. The summed E-state index contributed by atoms with van der Waals surface area (Å²) in [6, 6.07) is 10.4. The van der Waals surface area contributed by atoms with Gasteiger partial charge in [-0.3, -0.25) is 0 Å². The summed E-state index contributed by atoms with van der Waals surface area (Å²) < 4.78 is 0. The quantitative estimate of drug-likeness (QED) is 0.723. The molecule has 0 spiro atoms. The molecular weight excluding hydrogens is 170 g/mol. The summed E-state index contributed by atoms with van der Waals surface area (Å²) in [5.74, 6) is 0. The molecule has 1 nitrogen and oxygen atoms in total. The van der Waals surface area contributed by atoms with E-state index in [2.05, 4.69) is 24.3 Å². The van der Waals surface area contributed by atoms with Crippen molar-refractivity contribution in [2.24, 2.45) is 5.73 Å². The molecule has 0 bridgehead atoms. The maximum Gasteiger partial charge on any atom is 0.0225 e. The highest BCUT2D eigenvalue weighted by molar-refractivity contribution is 5.51. The third-order valence-corrected chi connectivity index (χ3v) is 2.17. The summed E-state index contributed by atoms with van der Waals surface area (Å²) in [7, 11) is 0. The van der Waals surface area contributed by atoms with E-state index >= 15 is 0 Å². The van der Waals surface area contributed by atoms with Crippen LogP contribution in [0.1, 0.15) is 19.4 Å². The molecular formula is C13H17N. The van der Waals surface area contributed by atoms with Crippen molar-refractivity contribution in [1.29, 1.82) is 0 Å². The Bertz CT molecular complexity index is 320. The van der Waals surface area contributed by atoms with E-state index in [1.165, 1.54) is 11.1 Å². The molecule has 0 aliphatic carbocycles. The number of nitrogens with two attached hydrogens (primary N) is 1. The van der Waals surface area contributed by atoms with Crippen LogP contribution in [0.4, 0.5) is 0 Å². The molecule has 1 atom stereocenters. The fourth-order valence-corrected chi connectivity index (χ4v) is 1.03. The van der Waals surface area contributed by atoms with E-state index < -0.39 is 0 Å². The molecule has 0 saturated carbocycles. The topological polar surface area (TPSA) is 26.0 Å². The van der Waals surface area contributed by atoms with Gasteiger partial charge in [0.15, 0.2) is 0 Å². The van der Waals surface area contributed by atoms with Crippen LogP contribution in [0.3, 0.4) is 0 Å². The van der Waals surface area contributed by atoms with Gasteiger partial charge >= 0.3 is 0 Å². The molecule has 0 fully saturated rings. The van der Waals surface area contributed by atoms with Crippen molar-refractivity contribution in [3.8, 4) is 0 Å². The second-order valence-electron chi connectivity index (χ2n) is 3.47. The number of allylic oxidation sites excluding steroid dienone is 2. The molecule has 0 aliphatic rings. The SMILES string of the molecule is CC(=CC=Cc1ccccc1)C(C)N. The Labute approximate surface area is 85.9 Å². The first-order valence-corrected chi connectivity index (χ1v) is 4.85. The van der Waals surface area contributed by atoms with Gasteiger partial charge in [0.2, 0.25) is 0 Å². The van der Waals surface area contributed by atoms with E-state index in [0.29, 0.717) is 0 Å². The number of hydrogen-bond acceptors (Lipinski definition) is 1. The summed E-state index contributed by atoms with van der Waals surface area (Å²) in [6.45, 7) is 4.03. The van der Waals surface area contributed by atoms with Crippen LogP contribution in [0.15, 0.2) is 48.1 Å². The minimum absolute atomic E-state index is 0.135. The van der Waals surface area contributed by atoms with Crippen molar-refractivity contribution in [1.82, 2.24) is 0 Å². The Morgan fingerprint density at radius 2 is 1.93 bits per heavy atom. The fourth-order valence-electron chi connectivity index (χ4n) is 1.03. The number of hydrogen-bond donors (Lipinski definition) is 1. The third kappa shape index (κ3) is 3.58. The maximum absolute atomic E-state index is 5.71. The molecule has 0 aliphatic heterocycles. The molecule has 74 valence electrons. The molecule has 1 rings (SSSR count). The Hall–Kier alpha value is -1.34. The molecule has 0 amide bonds. The van der Waals surface area contributed by atoms with Crippen molar-refractivity contribution >= 4 is 6.08 Å². The lowest BCUT2D eigenvalue weighted by Gasteiger charge is -2.02. The van der Waals surface area contributed by atoms with Crippen molar-refractivity contribution in [3.05, 3.63) is 53.6 Å². The Balaban J connectivity index is 2.62. The van der Waals surface area contributed by atoms with Crippen LogP contribution < -0.4 is 5.73 Å². The predicted octanol–water partition coefficient (Wildman–Crippen LogP) is 2.99. The van der Waals surface area contributed by atoms with Crippen molar-refractivity contribution < 1.29 is 0 Å². The summed E-state index contributed by atoms with van der Waals surface area (Å²) in [4.78, 5) is 0. The highest BCUT2D eigenvalue weighted by atomic mass is 14.6. The van der Waals surface area contributed by atoms with Crippen LogP contribution in [-0.2, 0) is 0 Å². The van der Waals surface area contributed by atoms with Gasteiger partial charge in [-0.05, 0) is 19.4 Å². The maximum atomic E-state index is 5.71. The zero-order valence-electron chi connectivity index (χ0n) is 8.77. The molecule has 1 unspecified atom stereocenters. The van der Waals surface area contributed by atoms with Crippen LogP contribution in [0.2, 0.25) is 0 Å². The molecule has 1 aromatic rings. The first kappa shape index (κ1) is 10.7. The number of rotatable bonds is 3. The van der Waals surface area contributed by atoms with E-state index in [9.17, 15) is 0 Å². The average molecular weight is 187 g/mol. The van der Waals surface area contributed by atoms with E-state index in [0.717, 1.165) is 0 Å². The largest absolute Gasteiger partial charge is 0.324 e. The van der Waals surface area contributed by atoms with Crippen LogP contribution in [-0.4, -0.2) is 6.04 Å². The summed E-state index contributed by atoms with van der Waals surface area (Å²) in [5, 5.41) is 0. The van der Waals surface area contributed by atoms with Crippen LogP contribution in [0, 0.1) is 0 Å². The zero-order valence-corrected chi connectivity index (χ0v) is 8.77. The van der Waals surface area contributed by atoms with Gasteiger partial charge in [-0.1, -0.05) is 54.1 Å². The average Bonchev–Trinajstić information content (AvgIpc) is 2.19. The Morgan fingerprint density at radius 3 is 2.50 bits per heavy atom. The molecule has 1 aromatic carbocycles. The molecule has 0 saturated heterocycles. The summed E-state index contributed by atoms with van der Waals surface area (Å²) in [6.07, 6.45) is 6.16. The van der Waals surface area contributed by atoms with Crippen LogP contribution >= 0.6 is 0 Å². The summed E-state index contributed by atoms with van der Waals surface area (Å²) in [5.41, 5.74) is 8.11. The van der Waals surface area contributed by atoms with Gasteiger partial charge < -0.3 is 5.73 Å². The lowest BCUT2D eigenvalue weighted by atomic mass is 10.1. The van der Waals surface area contributed by atoms with Crippen LogP contribution in [0.25, 0.3) is 6.08 Å². The van der Waals surface area contributed by atoms with E-state index in [1.54, 1.807) is 0 Å². The second kappa shape index (κ2) is 5.40.